The maximum atomic E-state index is 12.3. The van der Waals surface area contributed by atoms with Crippen molar-refractivity contribution in [1.82, 2.24) is 10.0 Å². The molecule has 11 heteroatoms. The average Bonchev–Trinajstić information content (AvgIpc) is 3.32. The maximum absolute atomic E-state index is 12.3. The second kappa shape index (κ2) is 9.84. The third-order valence-electron chi connectivity index (χ3n) is 4.65. The number of hydrogen-bond acceptors (Lipinski definition) is 8. The van der Waals surface area contributed by atoms with E-state index in [1.807, 2.05) is 20.8 Å². The van der Waals surface area contributed by atoms with Crippen molar-refractivity contribution < 1.29 is 27.5 Å². The van der Waals surface area contributed by atoms with Crippen LogP contribution in [0.1, 0.15) is 47.3 Å². The summed E-state index contributed by atoms with van der Waals surface area (Å²) in [5.41, 5.74) is -0.0476. The lowest BCUT2D eigenvalue weighted by Gasteiger charge is -2.17. The summed E-state index contributed by atoms with van der Waals surface area (Å²) >= 11 is 1.23. The molecule has 0 spiro atoms. The predicted octanol–water partition coefficient (Wildman–Crippen LogP) is 2.27. The summed E-state index contributed by atoms with van der Waals surface area (Å²) < 4.78 is 31.5. The number of Topliss-reactive ketones (excluding diaryl/α,β-unsaturated/α-hetero) is 1. The molecule has 1 amide bonds. The fraction of sp³-hybridized carbons (Fsp3) is 0.364. The smallest absolute Gasteiger partial charge is 0.308 e. The van der Waals surface area contributed by atoms with Crippen molar-refractivity contribution in [1.29, 1.82) is 0 Å². The van der Waals surface area contributed by atoms with Gasteiger partial charge in [0, 0.05) is 15.9 Å². The van der Waals surface area contributed by atoms with Crippen LogP contribution in [-0.4, -0.2) is 45.1 Å². The molecule has 1 aromatic heterocycles. The highest BCUT2D eigenvalue weighted by molar-refractivity contribution is 7.90. The summed E-state index contributed by atoms with van der Waals surface area (Å²) in [5.74, 6) is -0.865. The van der Waals surface area contributed by atoms with Gasteiger partial charge in [-0.2, -0.15) is 0 Å². The number of nitrogens with zero attached hydrogens (tertiary/aromatic N) is 1. The number of amides is 1. The summed E-state index contributed by atoms with van der Waals surface area (Å²) in [6.07, 6.45) is -0.102. The van der Waals surface area contributed by atoms with Crippen molar-refractivity contribution in [3.8, 4) is 0 Å². The van der Waals surface area contributed by atoms with Crippen LogP contribution in [0, 0.1) is 5.41 Å². The molecule has 2 N–H and O–H groups in total. The van der Waals surface area contributed by atoms with Gasteiger partial charge in [0.15, 0.2) is 6.61 Å². The molecule has 0 aliphatic carbocycles. The van der Waals surface area contributed by atoms with Crippen LogP contribution in [0.4, 0.5) is 0 Å². The lowest BCUT2D eigenvalue weighted by Crippen LogP contribution is -2.34. The second-order valence-electron chi connectivity index (χ2n) is 8.36. The number of fused-ring (bicyclic) bond motifs is 1. The zero-order chi connectivity index (χ0) is 24.2. The van der Waals surface area contributed by atoms with Crippen LogP contribution in [0.3, 0.4) is 0 Å². The standard InChI is InChI=1S/C22H25N3O6S2/c1-22(2,3)21(28)24-12-14-8-9-17(32-14)16(26)13-31-19(27)10-11-23-20-15-6-4-5-7-18(15)33(29,30)25-20/h4-9H,10-13H2,1-3H3,(H,23,25)(H,24,28). The van der Waals surface area contributed by atoms with E-state index in [0.717, 1.165) is 4.88 Å². The van der Waals surface area contributed by atoms with Gasteiger partial charge in [-0.3, -0.25) is 24.1 Å². The van der Waals surface area contributed by atoms with Gasteiger partial charge in [-0.1, -0.05) is 32.9 Å². The van der Waals surface area contributed by atoms with Crippen LogP contribution in [0.25, 0.3) is 0 Å². The molecule has 3 rings (SSSR count). The molecule has 2 aromatic rings. The number of aliphatic imine (C=N–C) groups is 1. The highest BCUT2D eigenvalue weighted by Crippen LogP contribution is 2.22. The quantitative estimate of drug-likeness (QED) is 0.430. The van der Waals surface area contributed by atoms with Gasteiger partial charge in [-0.05, 0) is 24.3 Å². The summed E-state index contributed by atoms with van der Waals surface area (Å²) in [5, 5.41) is 2.82. The fourth-order valence-corrected chi connectivity index (χ4v) is 4.98. The third kappa shape index (κ3) is 6.26. The van der Waals surface area contributed by atoms with Crippen LogP contribution in [0.2, 0.25) is 0 Å². The number of esters is 1. The predicted molar refractivity (Wildman–Crippen MR) is 124 cm³/mol. The zero-order valence-corrected chi connectivity index (χ0v) is 20.1. The molecule has 0 saturated heterocycles. The molecule has 33 heavy (non-hydrogen) atoms. The highest BCUT2D eigenvalue weighted by atomic mass is 32.2. The van der Waals surface area contributed by atoms with Crippen molar-refractivity contribution >= 4 is 44.9 Å². The number of carbonyl (C=O) groups is 3. The lowest BCUT2D eigenvalue weighted by molar-refractivity contribution is -0.142. The number of ketones is 1. The molecule has 1 aliphatic heterocycles. The number of amidine groups is 1. The van der Waals surface area contributed by atoms with Gasteiger partial charge < -0.3 is 10.1 Å². The Kier molecular flexibility index (Phi) is 7.33. The number of nitrogens with one attached hydrogen (secondary N) is 2. The van der Waals surface area contributed by atoms with Crippen LogP contribution in [-0.2, 0) is 30.9 Å². The van der Waals surface area contributed by atoms with E-state index in [-0.39, 0.29) is 35.4 Å². The number of thiophene rings is 1. The maximum Gasteiger partial charge on any atom is 0.308 e. The lowest BCUT2D eigenvalue weighted by atomic mass is 9.96. The summed E-state index contributed by atoms with van der Waals surface area (Å²) in [6.45, 7) is 5.38. The molecular formula is C22H25N3O6S2. The normalized spacial score (nSPS) is 15.5. The monoisotopic (exact) mass is 491 g/mol. The Morgan fingerprint density at radius 1 is 1.12 bits per heavy atom. The van der Waals surface area contributed by atoms with Gasteiger partial charge in [0.25, 0.3) is 10.0 Å². The molecule has 9 nitrogen and oxygen atoms in total. The molecule has 1 aromatic carbocycles. The molecule has 0 bridgehead atoms. The van der Waals surface area contributed by atoms with Gasteiger partial charge in [0.05, 0.1) is 29.3 Å². The first-order valence-electron chi connectivity index (χ1n) is 10.2. The molecule has 0 radical (unpaired) electrons. The molecule has 176 valence electrons. The molecule has 0 saturated carbocycles. The Morgan fingerprint density at radius 3 is 2.58 bits per heavy atom. The minimum Gasteiger partial charge on any atom is -0.457 e. The fourth-order valence-electron chi connectivity index (χ4n) is 2.85. The van der Waals surface area contributed by atoms with Gasteiger partial charge in [-0.25, -0.2) is 8.42 Å². The van der Waals surface area contributed by atoms with Crippen molar-refractivity contribution in [2.45, 2.75) is 38.6 Å². The SMILES string of the molecule is CC(C)(C)C(=O)NCc1ccc(C(=O)COC(=O)CCN=C2NS(=O)(=O)c3ccccc32)s1. The van der Waals surface area contributed by atoms with Gasteiger partial charge >= 0.3 is 5.97 Å². The molecule has 0 unspecified atom stereocenters. The molecule has 0 fully saturated rings. The van der Waals surface area contributed by atoms with Crippen molar-refractivity contribution in [2.75, 3.05) is 13.2 Å². The zero-order valence-electron chi connectivity index (χ0n) is 18.5. The van der Waals surface area contributed by atoms with E-state index in [9.17, 15) is 22.8 Å². The number of carbonyl (C=O) groups excluding carboxylic acids is 3. The Hall–Kier alpha value is -3.05. The summed E-state index contributed by atoms with van der Waals surface area (Å²) in [6, 6.07) is 9.81. The Balaban J connectivity index is 1.45. The van der Waals surface area contributed by atoms with E-state index in [1.54, 1.807) is 30.3 Å². The van der Waals surface area contributed by atoms with Crippen LogP contribution >= 0.6 is 11.3 Å². The number of rotatable bonds is 8. The second-order valence-corrected chi connectivity index (χ2v) is 11.2. The minimum atomic E-state index is -3.64. The first-order chi connectivity index (χ1) is 15.5. The Bertz CT molecular complexity index is 1210. The van der Waals surface area contributed by atoms with Crippen LogP contribution in [0.5, 0.6) is 0 Å². The number of benzene rings is 1. The molecular weight excluding hydrogens is 466 g/mol. The van der Waals surface area contributed by atoms with E-state index < -0.39 is 28.0 Å². The largest absolute Gasteiger partial charge is 0.457 e. The Labute approximate surface area is 196 Å². The first-order valence-corrected chi connectivity index (χ1v) is 12.5. The molecule has 1 aliphatic rings. The summed E-state index contributed by atoms with van der Waals surface area (Å²) in [7, 11) is -3.64. The van der Waals surface area contributed by atoms with Crippen molar-refractivity contribution in [2.24, 2.45) is 10.4 Å². The average molecular weight is 492 g/mol. The van der Waals surface area contributed by atoms with E-state index in [4.69, 9.17) is 4.74 Å². The van der Waals surface area contributed by atoms with E-state index >= 15 is 0 Å². The van der Waals surface area contributed by atoms with Crippen LogP contribution < -0.4 is 10.0 Å². The van der Waals surface area contributed by atoms with Gasteiger partial charge in [0.2, 0.25) is 11.7 Å². The van der Waals surface area contributed by atoms with Gasteiger partial charge in [0.1, 0.15) is 5.84 Å². The minimum absolute atomic E-state index is 0.00976. The van der Waals surface area contributed by atoms with Crippen molar-refractivity contribution in [3.05, 3.63) is 51.7 Å². The Morgan fingerprint density at radius 2 is 1.85 bits per heavy atom. The number of hydrogen-bond donors (Lipinski definition) is 2. The molecule has 2 heterocycles. The number of ether oxygens (including phenoxy) is 1. The van der Waals surface area contributed by atoms with E-state index in [1.165, 1.54) is 17.4 Å². The summed E-state index contributed by atoms with van der Waals surface area (Å²) in [4.78, 5) is 41.8. The first kappa shape index (κ1) is 24.6. The van der Waals surface area contributed by atoms with Crippen LogP contribution in [0.15, 0.2) is 46.3 Å². The number of sulfonamides is 1. The highest BCUT2D eigenvalue weighted by Gasteiger charge is 2.30. The molecule has 0 atom stereocenters. The van der Waals surface area contributed by atoms with Gasteiger partial charge in [-0.15, -0.1) is 11.3 Å². The van der Waals surface area contributed by atoms with Crippen molar-refractivity contribution in [3.63, 3.8) is 0 Å². The topological polar surface area (TPSA) is 131 Å². The van der Waals surface area contributed by atoms with E-state index in [2.05, 4.69) is 15.0 Å². The van der Waals surface area contributed by atoms with E-state index in [0.29, 0.717) is 17.0 Å². The third-order valence-corrected chi connectivity index (χ3v) is 7.18.